The Kier molecular flexibility index (Phi) is 4.36. The smallest absolute Gasteiger partial charge is 0.407 e. The van der Waals surface area contributed by atoms with Crippen LogP contribution in [0, 0.1) is 0 Å². The lowest BCUT2D eigenvalue weighted by Crippen LogP contribution is -2.52. The van der Waals surface area contributed by atoms with Crippen molar-refractivity contribution in [2.75, 3.05) is 13.2 Å². The normalized spacial score (nSPS) is 16.0. The number of carbonyl (C=O) groups is 1. The molecule has 0 unspecified atom stereocenters. The summed E-state index contributed by atoms with van der Waals surface area (Å²) in [5.74, 6) is 0.0269. The molecule has 29 heavy (non-hydrogen) atoms. The zero-order valence-corrected chi connectivity index (χ0v) is 16.1. The van der Waals surface area contributed by atoms with E-state index in [2.05, 4.69) is 29.6 Å². The maximum atomic E-state index is 12.7. The fourth-order valence-electron chi connectivity index (χ4n) is 4.78. The monoisotopic (exact) mass is 385 g/mol. The van der Waals surface area contributed by atoms with Gasteiger partial charge in [0.1, 0.15) is 6.61 Å². The van der Waals surface area contributed by atoms with Crippen LogP contribution in [0.25, 0.3) is 11.1 Å². The lowest BCUT2D eigenvalue weighted by atomic mass is 9.97. The Morgan fingerprint density at radius 2 is 1.41 bits per heavy atom. The summed E-state index contributed by atoms with van der Waals surface area (Å²) in [6, 6.07) is 24.6. The Balaban J connectivity index is 1.30. The summed E-state index contributed by atoms with van der Waals surface area (Å²) in [4.78, 5) is 12.7. The molecule has 4 nitrogen and oxygen atoms in total. The second kappa shape index (κ2) is 7.05. The minimum atomic E-state index is -0.688. The van der Waals surface area contributed by atoms with Crippen LogP contribution in [0.5, 0.6) is 0 Å². The average molecular weight is 385 g/mol. The number of nitrogens with one attached hydrogen (secondary N) is 1. The third-order valence-electron chi connectivity index (χ3n) is 6.19. The summed E-state index contributed by atoms with van der Waals surface area (Å²) in [5.41, 5.74) is 6.43. The second-order valence-electron chi connectivity index (χ2n) is 8.01. The van der Waals surface area contributed by atoms with Gasteiger partial charge in [0, 0.05) is 5.92 Å². The Morgan fingerprint density at radius 1 is 0.897 bits per heavy atom. The van der Waals surface area contributed by atoms with Gasteiger partial charge in [0.05, 0.1) is 12.1 Å². The maximum Gasteiger partial charge on any atom is 0.407 e. The van der Waals surface area contributed by atoms with Gasteiger partial charge in [-0.15, -0.1) is 0 Å². The fraction of sp³-hybridized carbons (Fsp3) is 0.240. The molecule has 0 spiro atoms. The van der Waals surface area contributed by atoms with E-state index in [1.54, 1.807) is 0 Å². The number of fused-ring (bicyclic) bond motifs is 4. The first kappa shape index (κ1) is 18.0. The average Bonchev–Trinajstić information content (AvgIpc) is 3.28. The van der Waals surface area contributed by atoms with Gasteiger partial charge in [-0.1, -0.05) is 72.8 Å². The molecule has 2 N–H and O–H groups in total. The van der Waals surface area contributed by atoms with Gasteiger partial charge in [-0.25, -0.2) is 4.79 Å². The lowest BCUT2D eigenvalue weighted by molar-refractivity contribution is 0.111. The van der Waals surface area contributed by atoms with Gasteiger partial charge in [0.15, 0.2) is 0 Å². The first-order valence-electron chi connectivity index (χ1n) is 10.00. The van der Waals surface area contributed by atoms with Crippen molar-refractivity contribution in [2.24, 2.45) is 0 Å². The van der Waals surface area contributed by atoms with Gasteiger partial charge in [0.25, 0.3) is 0 Å². The van der Waals surface area contributed by atoms with E-state index in [9.17, 15) is 9.90 Å². The van der Waals surface area contributed by atoms with Gasteiger partial charge < -0.3 is 15.2 Å². The zero-order chi connectivity index (χ0) is 19.8. The summed E-state index contributed by atoms with van der Waals surface area (Å²) in [6.45, 7) is 0.153. The van der Waals surface area contributed by atoms with Gasteiger partial charge in [-0.3, -0.25) is 0 Å². The summed E-state index contributed by atoms with van der Waals surface area (Å²) in [5, 5.41) is 13.0. The van der Waals surface area contributed by atoms with Crippen LogP contribution in [0.1, 0.15) is 28.2 Å². The summed E-state index contributed by atoms with van der Waals surface area (Å²) < 4.78 is 5.67. The molecule has 3 aromatic rings. The molecule has 0 saturated heterocycles. The van der Waals surface area contributed by atoms with Crippen LogP contribution in [0.4, 0.5) is 4.79 Å². The number of ether oxygens (including phenoxy) is 1. The Labute approximate surface area is 170 Å². The third kappa shape index (κ3) is 3.10. The SMILES string of the molecule is O=C(NC1(CO)Cc2ccccc2C1)OCC1c2ccccc2-c2ccccc21. The second-order valence-corrected chi connectivity index (χ2v) is 8.01. The maximum absolute atomic E-state index is 12.7. The van der Waals surface area contributed by atoms with E-state index in [-0.39, 0.29) is 19.1 Å². The number of aliphatic hydroxyl groups is 1. The van der Waals surface area contributed by atoms with Gasteiger partial charge >= 0.3 is 6.09 Å². The molecular formula is C25H23NO3. The molecule has 1 amide bonds. The Morgan fingerprint density at radius 3 is 1.97 bits per heavy atom. The van der Waals surface area contributed by atoms with Crippen molar-refractivity contribution in [3.8, 4) is 11.1 Å². The van der Waals surface area contributed by atoms with E-state index in [1.165, 1.54) is 33.4 Å². The van der Waals surface area contributed by atoms with E-state index < -0.39 is 11.6 Å². The van der Waals surface area contributed by atoms with Crippen molar-refractivity contribution in [2.45, 2.75) is 24.3 Å². The van der Waals surface area contributed by atoms with Crippen molar-refractivity contribution < 1.29 is 14.6 Å². The number of carbonyl (C=O) groups excluding carboxylic acids is 1. The number of alkyl carbamates (subject to hydrolysis) is 1. The highest BCUT2D eigenvalue weighted by atomic mass is 16.5. The molecule has 3 aromatic carbocycles. The summed E-state index contributed by atoms with van der Waals surface area (Å²) in [6.07, 6.45) is 0.752. The fourth-order valence-corrected chi connectivity index (χ4v) is 4.78. The zero-order valence-electron chi connectivity index (χ0n) is 16.1. The van der Waals surface area contributed by atoms with E-state index in [0.29, 0.717) is 12.8 Å². The largest absolute Gasteiger partial charge is 0.449 e. The van der Waals surface area contributed by atoms with E-state index >= 15 is 0 Å². The van der Waals surface area contributed by atoms with Crippen LogP contribution in [0.15, 0.2) is 72.8 Å². The molecule has 0 saturated carbocycles. The minimum absolute atomic E-state index is 0.0269. The molecule has 4 heteroatoms. The number of aliphatic hydroxyl groups excluding tert-OH is 1. The highest BCUT2D eigenvalue weighted by Crippen LogP contribution is 2.44. The van der Waals surface area contributed by atoms with Crippen molar-refractivity contribution in [3.05, 3.63) is 95.1 Å². The Hall–Kier alpha value is -3.11. The van der Waals surface area contributed by atoms with E-state index in [1.807, 2.05) is 48.5 Å². The molecule has 0 bridgehead atoms. The minimum Gasteiger partial charge on any atom is -0.449 e. The predicted octanol–water partition coefficient (Wildman–Crippen LogP) is 4.06. The first-order valence-corrected chi connectivity index (χ1v) is 10.00. The van der Waals surface area contributed by atoms with Crippen molar-refractivity contribution in [1.29, 1.82) is 0 Å². The number of benzene rings is 3. The molecule has 0 atom stereocenters. The van der Waals surface area contributed by atoms with Gasteiger partial charge in [-0.05, 0) is 46.2 Å². The van der Waals surface area contributed by atoms with Crippen LogP contribution in [-0.4, -0.2) is 30.0 Å². The standard InChI is InChI=1S/C25H23NO3/c27-16-25(13-17-7-1-2-8-18(17)14-25)26-24(28)29-15-23-21-11-5-3-9-19(21)20-10-4-6-12-22(20)23/h1-12,23,27H,13-16H2,(H,26,28). The number of hydrogen-bond acceptors (Lipinski definition) is 3. The van der Waals surface area contributed by atoms with E-state index in [4.69, 9.17) is 4.74 Å². The number of amides is 1. The topological polar surface area (TPSA) is 58.6 Å². The van der Waals surface area contributed by atoms with Crippen molar-refractivity contribution in [3.63, 3.8) is 0 Å². The molecule has 146 valence electrons. The van der Waals surface area contributed by atoms with Crippen LogP contribution in [0.3, 0.4) is 0 Å². The summed E-state index contributed by atoms with van der Waals surface area (Å²) in [7, 11) is 0. The molecular weight excluding hydrogens is 362 g/mol. The van der Waals surface area contributed by atoms with Crippen molar-refractivity contribution >= 4 is 6.09 Å². The van der Waals surface area contributed by atoms with Crippen LogP contribution >= 0.6 is 0 Å². The van der Waals surface area contributed by atoms with Crippen LogP contribution in [-0.2, 0) is 17.6 Å². The van der Waals surface area contributed by atoms with Crippen LogP contribution < -0.4 is 5.32 Å². The third-order valence-corrected chi connectivity index (χ3v) is 6.19. The molecule has 0 aliphatic heterocycles. The highest BCUT2D eigenvalue weighted by molar-refractivity contribution is 5.79. The quantitative estimate of drug-likeness (QED) is 0.712. The summed E-state index contributed by atoms with van der Waals surface area (Å²) >= 11 is 0. The number of rotatable bonds is 4. The van der Waals surface area contributed by atoms with E-state index in [0.717, 1.165) is 0 Å². The van der Waals surface area contributed by atoms with Gasteiger partial charge in [0.2, 0.25) is 0 Å². The van der Waals surface area contributed by atoms with Crippen molar-refractivity contribution in [1.82, 2.24) is 5.32 Å². The molecule has 5 rings (SSSR count). The lowest BCUT2D eigenvalue weighted by Gasteiger charge is -2.28. The first-order chi connectivity index (χ1) is 14.2. The van der Waals surface area contributed by atoms with Gasteiger partial charge in [-0.2, -0.15) is 0 Å². The molecule has 0 heterocycles. The molecule has 0 aromatic heterocycles. The Bertz CT molecular complexity index is 1000. The molecule has 0 fully saturated rings. The highest BCUT2D eigenvalue weighted by Gasteiger charge is 2.39. The molecule has 2 aliphatic carbocycles. The predicted molar refractivity (Wildman–Crippen MR) is 112 cm³/mol. The molecule has 0 radical (unpaired) electrons. The van der Waals surface area contributed by atoms with Crippen LogP contribution in [0.2, 0.25) is 0 Å². The molecule has 2 aliphatic rings. The number of hydrogen-bond donors (Lipinski definition) is 2.